The Morgan fingerprint density at radius 2 is 1.69 bits per heavy atom. The van der Waals surface area contributed by atoms with Gasteiger partial charge in [0.15, 0.2) is 5.57 Å². The van der Waals surface area contributed by atoms with Crippen molar-refractivity contribution >= 4 is 17.3 Å². The van der Waals surface area contributed by atoms with Crippen molar-refractivity contribution in [2.24, 2.45) is 0 Å². The van der Waals surface area contributed by atoms with Gasteiger partial charge in [-0.05, 0) is 46.0 Å². The molecule has 1 aromatic rings. The summed E-state index contributed by atoms with van der Waals surface area (Å²) in [6.45, 7) is 8.76. The van der Waals surface area contributed by atoms with E-state index in [0.717, 1.165) is 31.9 Å². The van der Waals surface area contributed by atoms with Gasteiger partial charge in [0, 0.05) is 31.9 Å². The van der Waals surface area contributed by atoms with Crippen molar-refractivity contribution in [1.82, 2.24) is 4.90 Å². The van der Waals surface area contributed by atoms with Gasteiger partial charge in [0.05, 0.1) is 11.3 Å². The summed E-state index contributed by atoms with van der Waals surface area (Å²) in [5, 5.41) is 30.4. The van der Waals surface area contributed by atoms with Crippen LogP contribution < -0.4 is 10.2 Å². The van der Waals surface area contributed by atoms with E-state index in [2.05, 4.69) is 22.2 Å². The molecule has 8 heteroatoms. The molecule has 1 aliphatic heterocycles. The number of hydrogen-bond donors (Lipinski definition) is 1. The zero-order chi connectivity index (χ0) is 21.6. The van der Waals surface area contributed by atoms with E-state index in [-0.39, 0.29) is 16.8 Å². The van der Waals surface area contributed by atoms with Crippen molar-refractivity contribution in [2.45, 2.75) is 26.4 Å². The minimum atomic E-state index is -0.692. The third-order valence-corrected chi connectivity index (χ3v) is 4.34. The number of hydrogen-bond acceptors (Lipinski definition) is 8. The van der Waals surface area contributed by atoms with Crippen LogP contribution in [0.4, 0.5) is 11.4 Å². The van der Waals surface area contributed by atoms with Crippen LogP contribution in [0.3, 0.4) is 0 Å². The molecule has 1 N–H and O–H groups in total. The van der Waals surface area contributed by atoms with Crippen LogP contribution in [-0.4, -0.2) is 49.7 Å². The van der Waals surface area contributed by atoms with Crippen molar-refractivity contribution in [3.8, 4) is 18.2 Å². The predicted molar refractivity (Wildman–Crippen MR) is 109 cm³/mol. The van der Waals surface area contributed by atoms with Gasteiger partial charge >= 0.3 is 5.97 Å². The second-order valence-corrected chi connectivity index (χ2v) is 7.73. The van der Waals surface area contributed by atoms with Crippen molar-refractivity contribution in [3.05, 3.63) is 35.0 Å². The highest BCUT2D eigenvalue weighted by atomic mass is 16.6. The van der Waals surface area contributed by atoms with E-state index >= 15 is 0 Å². The molecule has 1 aliphatic rings. The largest absolute Gasteiger partial charge is 0.456 e. The van der Waals surface area contributed by atoms with Crippen LogP contribution in [0.2, 0.25) is 0 Å². The minimum absolute atomic E-state index is 0.213. The number of ether oxygens (including phenoxy) is 1. The molecule has 0 unspecified atom stereocenters. The summed E-state index contributed by atoms with van der Waals surface area (Å²) in [7, 11) is 2.06. The van der Waals surface area contributed by atoms with Crippen LogP contribution in [0.25, 0.3) is 0 Å². The van der Waals surface area contributed by atoms with Crippen molar-refractivity contribution in [2.75, 3.05) is 43.4 Å². The van der Waals surface area contributed by atoms with Gasteiger partial charge in [-0.15, -0.1) is 0 Å². The van der Waals surface area contributed by atoms with Gasteiger partial charge in [0.25, 0.3) is 0 Å². The Labute approximate surface area is 171 Å². The maximum absolute atomic E-state index is 12.7. The fourth-order valence-corrected chi connectivity index (χ4v) is 2.83. The molecule has 0 saturated carbocycles. The first-order valence-corrected chi connectivity index (χ1v) is 9.21. The normalized spacial score (nSPS) is 14.2. The number of nitrogens with one attached hydrogen (secondary N) is 1. The SMILES string of the molecule is CN1CCN(c2ccc(C(=O)OC(C)(C)C)c(NC(C#N)=C(C#N)C#N)c2)CC1. The molecule has 0 amide bonds. The van der Waals surface area contributed by atoms with E-state index in [9.17, 15) is 10.1 Å². The van der Waals surface area contributed by atoms with E-state index in [4.69, 9.17) is 15.3 Å². The number of carbonyl (C=O) groups excluding carboxylic acids is 1. The monoisotopic (exact) mass is 392 g/mol. The number of carbonyl (C=O) groups is 1. The van der Waals surface area contributed by atoms with Gasteiger partial charge in [0.1, 0.15) is 29.5 Å². The summed E-state index contributed by atoms with van der Waals surface area (Å²) in [5.74, 6) is -0.558. The third kappa shape index (κ3) is 5.72. The maximum Gasteiger partial charge on any atom is 0.340 e. The van der Waals surface area contributed by atoms with Crippen LogP contribution >= 0.6 is 0 Å². The lowest BCUT2D eigenvalue weighted by atomic mass is 10.1. The van der Waals surface area contributed by atoms with Crippen molar-refractivity contribution in [1.29, 1.82) is 15.8 Å². The number of nitrogens with zero attached hydrogens (tertiary/aromatic N) is 5. The fraction of sp³-hybridized carbons (Fsp3) is 0.429. The number of benzene rings is 1. The lowest BCUT2D eigenvalue weighted by Gasteiger charge is -2.34. The summed E-state index contributed by atoms with van der Waals surface area (Å²) < 4.78 is 5.46. The second kappa shape index (κ2) is 9.10. The summed E-state index contributed by atoms with van der Waals surface area (Å²) >= 11 is 0. The number of anilines is 2. The molecule has 0 bridgehead atoms. The molecule has 0 spiro atoms. The number of piperazine rings is 1. The van der Waals surface area contributed by atoms with Gasteiger partial charge in [-0.1, -0.05) is 0 Å². The number of likely N-dealkylation sites (N-methyl/N-ethyl adjacent to an activating group) is 1. The first kappa shape index (κ1) is 21.8. The predicted octanol–water partition coefficient (Wildman–Crippen LogP) is 2.63. The molecular weight excluding hydrogens is 368 g/mol. The number of nitriles is 3. The lowest BCUT2D eigenvalue weighted by Crippen LogP contribution is -2.44. The molecule has 0 atom stereocenters. The summed E-state index contributed by atoms with van der Waals surface area (Å²) in [4.78, 5) is 17.1. The zero-order valence-electron chi connectivity index (χ0n) is 17.1. The average Bonchev–Trinajstić information content (AvgIpc) is 2.67. The quantitative estimate of drug-likeness (QED) is 0.614. The molecule has 0 radical (unpaired) electrons. The van der Waals surface area contributed by atoms with E-state index in [1.165, 1.54) is 0 Å². The first-order chi connectivity index (χ1) is 13.7. The molecule has 1 aromatic carbocycles. The van der Waals surface area contributed by atoms with E-state index in [0.29, 0.717) is 5.69 Å². The Bertz CT molecular complexity index is 916. The summed E-state index contributed by atoms with van der Waals surface area (Å²) in [5.41, 5.74) is 0.155. The molecular formula is C21H24N6O2. The van der Waals surface area contributed by atoms with Crippen LogP contribution in [0, 0.1) is 34.0 Å². The van der Waals surface area contributed by atoms with Crippen LogP contribution in [-0.2, 0) is 4.74 Å². The topological polar surface area (TPSA) is 116 Å². The first-order valence-electron chi connectivity index (χ1n) is 9.21. The van der Waals surface area contributed by atoms with Gasteiger partial charge in [-0.2, -0.15) is 15.8 Å². The third-order valence-electron chi connectivity index (χ3n) is 4.34. The van der Waals surface area contributed by atoms with Gasteiger partial charge < -0.3 is 19.9 Å². The molecule has 1 heterocycles. The Morgan fingerprint density at radius 1 is 1.07 bits per heavy atom. The van der Waals surface area contributed by atoms with E-state index in [1.807, 2.05) is 12.1 Å². The Hall–Kier alpha value is -3.54. The van der Waals surface area contributed by atoms with Gasteiger partial charge in [-0.3, -0.25) is 0 Å². The second-order valence-electron chi connectivity index (χ2n) is 7.73. The van der Waals surface area contributed by atoms with E-state index < -0.39 is 11.6 Å². The summed E-state index contributed by atoms with van der Waals surface area (Å²) in [6, 6.07) is 10.4. The molecule has 29 heavy (non-hydrogen) atoms. The number of esters is 1. The van der Waals surface area contributed by atoms with Crippen molar-refractivity contribution < 1.29 is 9.53 Å². The standard InChI is InChI=1S/C21H24N6O2/c1-21(2,3)29-20(28)17-6-5-16(27-9-7-26(4)8-10-27)11-18(17)25-19(14-24)15(12-22)13-23/h5-6,11,25H,7-10H2,1-4H3. The highest BCUT2D eigenvalue weighted by molar-refractivity contribution is 5.97. The molecule has 0 aromatic heterocycles. The average molecular weight is 392 g/mol. The Morgan fingerprint density at radius 3 is 2.21 bits per heavy atom. The molecule has 8 nitrogen and oxygen atoms in total. The molecule has 1 saturated heterocycles. The Kier molecular flexibility index (Phi) is 6.83. The Balaban J connectivity index is 2.47. The zero-order valence-corrected chi connectivity index (χ0v) is 17.1. The molecule has 0 aliphatic carbocycles. The lowest BCUT2D eigenvalue weighted by molar-refractivity contribution is 0.00707. The van der Waals surface area contributed by atoms with E-state index in [1.54, 1.807) is 45.0 Å². The molecule has 2 rings (SSSR count). The van der Waals surface area contributed by atoms with Crippen LogP contribution in [0.5, 0.6) is 0 Å². The minimum Gasteiger partial charge on any atom is -0.456 e. The van der Waals surface area contributed by atoms with Crippen molar-refractivity contribution in [3.63, 3.8) is 0 Å². The maximum atomic E-state index is 12.7. The van der Waals surface area contributed by atoms with Gasteiger partial charge in [-0.25, -0.2) is 4.79 Å². The molecule has 150 valence electrons. The van der Waals surface area contributed by atoms with Gasteiger partial charge in [0.2, 0.25) is 0 Å². The summed E-state index contributed by atoms with van der Waals surface area (Å²) in [6.07, 6.45) is 0. The number of allylic oxidation sites excluding steroid dienone is 2. The fourth-order valence-electron chi connectivity index (χ4n) is 2.83. The molecule has 1 fully saturated rings. The van der Waals surface area contributed by atoms with Crippen LogP contribution in [0.15, 0.2) is 29.5 Å². The smallest absolute Gasteiger partial charge is 0.340 e. The highest BCUT2D eigenvalue weighted by Gasteiger charge is 2.23. The highest BCUT2D eigenvalue weighted by Crippen LogP contribution is 2.28. The number of rotatable bonds is 4. The van der Waals surface area contributed by atoms with Crippen LogP contribution in [0.1, 0.15) is 31.1 Å².